The molecule has 0 radical (unpaired) electrons. The Hall–Kier alpha value is -0.770. The fourth-order valence-electron chi connectivity index (χ4n) is 1.80. The van der Waals surface area contributed by atoms with Crippen LogP contribution in [-0.2, 0) is 4.74 Å². The number of hydrogen-bond donors (Lipinski definition) is 1. The molecule has 1 saturated heterocycles. The van der Waals surface area contributed by atoms with Gasteiger partial charge in [-0.05, 0) is 12.1 Å². The molecule has 0 spiro atoms. The van der Waals surface area contributed by atoms with E-state index in [-0.39, 0.29) is 18.6 Å². The summed E-state index contributed by atoms with van der Waals surface area (Å²) in [6, 6.07) is 10.4. The van der Waals surface area contributed by atoms with Gasteiger partial charge >= 0.3 is 0 Å². The number of hydrogen-bond acceptors (Lipinski definition) is 3. The van der Waals surface area contributed by atoms with Gasteiger partial charge in [-0.2, -0.15) is 0 Å². The Labute approximate surface area is 96.8 Å². The quantitative estimate of drug-likeness (QED) is 0.830. The van der Waals surface area contributed by atoms with Crippen LogP contribution in [0.3, 0.4) is 0 Å². The second-order valence-corrected chi connectivity index (χ2v) is 3.42. The van der Waals surface area contributed by atoms with Gasteiger partial charge in [-0.25, -0.2) is 0 Å². The van der Waals surface area contributed by atoms with Gasteiger partial charge in [-0.15, -0.1) is 12.4 Å². The third-order valence-electron chi connectivity index (χ3n) is 2.56. The first kappa shape index (κ1) is 12.3. The van der Waals surface area contributed by atoms with E-state index in [9.17, 15) is 0 Å². The first-order valence-corrected chi connectivity index (χ1v) is 4.97. The Morgan fingerprint density at radius 3 is 2.73 bits per heavy atom. The van der Waals surface area contributed by atoms with E-state index in [4.69, 9.17) is 4.74 Å². The van der Waals surface area contributed by atoms with Crippen molar-refractivity contribution in [1.82, 2.24) is 5.32 Å². The van der Waals surface area contributed by atoms with Crippen LogP contribution in [0.15, 0.2) is 30.3 Å². The van der Waals surface area contributed by atoms with Crippen LogP contribution in [0, 0.1) is 0 Å². The van der Waals surface area contributed by atoms with Gasteiger partial charge in [0.1, 0.15) is 6.23 Å². The summed E-state index contributed by atoms with van der Waals surface area (Å²) in [4.78, 5) is 2.29. The Morgan fingerprint density at radius 1 is 1.33 bits per heavy atom. The summed E-state index contributed by atoms with van der Waals surface area (Å²) < 4.78 is 5.42. The molecule has 1 heterocycles. The summed E-state index contributed by atoms with van der Waals surface area (Å²) in [7, 11) is 1.76. The highest BCUT2D eigenvalue weighted by atomic mass is 35.5. The van der Waals surface area contributed by atoms with E-state index < -0.39 is 0 Å². The first-order chi connectivity index (χ1) is 6.92. The van der Waals surface area contributed by atoms with Crippen molar-refractivity contribution < 1.29 is 4.74 Å². The van der Waals surface area contributed by atoms with Crippen molar-refractivity contribution >= 4 is 18.1 Å². The van der Waals surface area contributed by atoms with Gasteiger partial charge in [0.25, 0.3) is 0 Å². The van der Waals surface area contributed by atoms with Crippen LogP contribution in [-0.4, -0.2) is 33.0 Å². The number of nitrogens with zero attached hydrogens (tertiary/aromatic N) is 1. The second kappa shape index (κ2) is 5.95. The summed E-state index contributed by atoms with van der Waals surface area (Å²) in [6.07, 6.45) is 0.158. The van der Waals surface area contributed by atoms with E-state index in [1.54, 1.807) is 7.11 Å². The van der Waals surface area contributed by atoms with Crippen LogP contribution in [0.25, 0.3) is 0 Å². The van der Waals surface area contributed by atoms with E-state index in [1.165, 1.54) is 5.69 Å². The molecule has 1 aromatic carbocycles. The number of halogens is 1. The van der Waals surface area contributed by atoms with Gasteiger partial charge in [0.05, 0.1) is 0 Å². The van der Waals surface area contributed by atoms with Gasteiger partial charge in [0.2, 0.25) is 0 Å². The zero-order chi connectivity index (χ0) is 9.80. The fraction of sp³-hybridized carbons (Fsp3) is 0.455. The van der Waals surface area contributed by atoms with E-state index in [0.717, 1.165) is 19.6 Å². The molecule has 0 aliphatic carbocycles. The molecule has 1 fully saturated rings. The Balaban J connectivity index is 0.00000112. The van der Waals surface area contributed by atoms with Gasteiger partial charge in [-0.1, -0.05) is 18.2 Å². The smallest absolute Gasteiger partial charge is 0.142 e. The van der Waals surface area contributed by atoms with Crippen molar-refractivity contribution in [3.05, 3.63) is 30.3 Å². The fourth-order valence-corrected chi connectivity index (χ4v) is 1.80. The summed E-state index contributed by atoms with van der Waals surface area (Å²) in [5.41, 5.74) is 1.24. The number of rotatable bonds is 2. The Bertz CT molecular complexity index is 281. The molecule has 4 heteroatoms. The highest BCUT2D eigenvalue weighted by Gasteiger charge is 2.21. The van der Waals surface area contributed by atoms with Crippen LogP contribution in [0.5, 0.6) is 0 Å². The summed E-state index contributed by atoms with van der Waals surface area (Å²) in [5.74, 6) is 0. The molecule has 1 aliphatic rings. The molecule has 0 amide bonds. The molecular formula is C11H17ClN2O. The highest BCUT2D eigenvalue weighted by Crippen LogP contribution is 2.17. The Morgan fingerprint density at radius 2 is 2.07 bits per heavy atom. The van der Waals surface area contributed by atoms with Crippen molar-refractivity contribution in [3.8, 4) is 0 Å². The number of para-hydroxylation sites is 1. The number of ether oxygens (including phenoxy) is 1. The maximum Gasteiger partial charge on any atom is 0.142 e. The van der Waals surface area contributed by atoms with Gasteiger partial charge < -0.3 is 15.0 Å². The lowest BCUT2D eigenvalue weighted by atomic mass is 10.2. The molecule has 1 aromatic rings. The normalized spacial score (nSPS) is 20.9. The lowest BCUT2D eigenvalue weighted by Gasteiger charge is -2.36. The Kier molecular flexibility index (Phi) is 4.88. The van der Waals surface area contributed by atoms with Crippen molar-refractivity contribution in [2.75, 3.05) is 31.6 Å². The monoisotopic (exact) mass is 228 g/mol. The number of methoxy groups -OCH3 is 1. The van der Waals surface area contributed by atoms with Gasteiger partial charge in [0.15, 0.2) is 0 Å². The van der Waals surface area contributed by atoms with E-state index in [1.807, 2.05) is 6.07 Å². The lowest BCUT2D eigenvalue weighted by Crippen LogP contribution is -2.52. The van der Waals surface area contributed by atoms with Crippen molar-refractivity contribution in [2.45, 2.75) is 6.23 Å². The van der Waals surface area contributed by atoms with Gasteiger partial charge in [-0.3, -0.25) is 0 Å². The molecule has 3 nitrogen and oxygen atoms in total. The minimum Gasteiger partial charge on any atom is -0.360 e. The molecule has 1 aliphatic heterocycles. The number of nitrogens with one attached hydrogen (secondary N) is 1. The molecule has 84 valence electrons. The first-order valence-electron chi connectivity index (χ1n) is 4.97. The molecule has 0 bridgehead atoms. The van der Waals surface area contributed by atoms with E-state index in [2.05, 4.69) is 34.5 Å². The van der Waals surface area contributed by atoms with E-state index >= 15 is 0 Å². The SMILES string of the molecule is COC1CNCCN1c1ccccc1.Cl. The molecule has 0 aromatic heterocycles. The molecule has 1 N–H and O–H groups in total. The molecule has 1 unspecified atom stereocenters. The summed E-state index contributed by atoms with van der Waals surface area (Å²) >= 11 is 0. The average Bonchev–Trinajstić information content (AvgIpc) is 2.30. The summed E-state index contributed by atoms with van der Waals surface area (Å²) in [6.45, 7) is 2.92. The predicted octanol–water partition coefficient (Wildman–Crippen LogP) is 1.49. The van der Waals surface area contributed by atoms with Crippen LogP contribution in [0.1, 0.15) is 0 Å². The predicted molar refractivity (Wildman–Crippen MR) is 64.7 cm³/mol. The topological polar surface area (TPSA) is 24.5 Å². The average molecular weight is 229 g/mol. The molecule has 15 heavy (non-hydrogen) atoms. The maximum atomic E-state index is 5.42. The zero-order valence-corrected chi connectivity index (χ0v) is 9.67. The third kappa shape index (κ3) is 2.84. The van der Waals surface area contributed by atoms with Gasteiger partial charge in [0, 0.05) is 32.4 Å². The third-order valence-corrected chi connectivity index (χ3v) is 2.56. The molecule has 1 atom stereocenters. The van der Waals surface area contributed by atoms with Crippen LogP contribution in [0.2, 0.25) is 0 Å². The van der Waals surface area contributed by atoms with Crippen molar-refractivity contribution in [1.29, 1.82) is 0 Å². The van der Waals surface area contributed by atoms with Crippen molar-refractivity contribution in [3.63, 3.8) is 0 Å². The minimum atomic E-state index is 0. The molecular weight excluding hydrogens is 212 g/mol. The van der Waals surface area contributed by atoms with Crippen LogP contribution < -0.4 is 10.2 Å². The number of anilines is 1. The molecule has 0 saturated carbocycles. The van der Waals surface area contributed by atoms with Crippen LogP contribution >= 0.6 is 12.4 Å². The number of piperazine rings is 1. The van der Waals surface area contributed by atoms with Crippen molar-refractivity contribution in [2.24, 2.45) is 0 Å². The lowest BCUT2D eigenvalue weighted by molar-refractivity contribution is 0.0881. The zero-order valence-electron chi connectivity index (χ0n) is 8.85. The summed E-state index contributed by atoms with van der Waals surface area (Å²) in [5, 5.41) is 3.32. The minimum absolute atomic E-state index is 0. The van der Waals surface area contributed by atoms with E-state index in [0.29, 0.717) is 0 Å². The molecule has 2 rings (SSSR count). The number of benzene rings is 1. The maximum absolute atomic E-state index is 5.42. The van der Waals surface area contributed by atoms with Crippen LogP contribution in [0.4, 0.5) is 5.69 Å². The standard InChI is InChI=1S/C11H16N2O.ClH/c1-14-11-9-12-7-8-13(11)10-5-3-2-4-6-10;/h2-6,11-12H,7-9H2,1H3;1H. The largest absolute Gasteiger partial charge is 0.360 e. The second-order valence-electron chi connectivity index (χ2n) is 3.42. The highest BCUT2D eigenvalue weighted by molar-refractivity contribution is 5.85.